The Hall–Kier alpha value is -2.52. The molecule has 2 aliphatic carbocycles. The predicted octanol–water partition coefficient (Wildman–Crippen LogP) is 8.50. The third-order valence-corrected chi connectivity index (χ3v) is 16.2. The van der Waals surface area contributed by atoms with Gasteiger partial charge in [0, 0.05) is 0 Å². The third-order valence-electron chi connectivity index (χ3n) is 11.0. The quantitative estimate of drug-likeness (QED) is 0.150. The van der Waals surface area contributed by atoms with Crippen molar-refractivity contribution >= 4 is 37.1 Å². The Morgan fingerprint density at radius 2 is 0.725 bits per heavy atom. The lowest BCUT2D eigenvalue weighted by Crippen LogP contribution is -2.39. The van der Waals surface area contributed by atoms with Gasteiger partial charge in [-0.2, -0.15) is 0 Å². The normalized spacial score (nSPS) is 27.6. The zero-order chi connectivity index (χ0) is 27.9. The minimum absolute atomic E-state index is 0.224. The topological polar surface area (TPSA) is 0 Å². The monoisotopic (exact) mass is 560 g/mol. The summed E-state index contributed by atoms with van der Waals surface area (Å²) >= 11 is 0. The van der Waals surface area contributed by atoms with Crippen molar-refractivity contribution in [2.75, 3.05) is 12.3 Å². The molecule has 4 aromatic carbocycles. The van der Waals surface area contributed by atoms with E-state index < -0.39 is 15.8 Å². The van der Waals surface area contributed by atoms with Gasteiger partial charge in [-0.3, -0.25) is 0 Å². The van der Waals surface area contributed by atoms with Crippen LogP contribution in [0.2, 0.25) is 0 Å². The average Bonchev–Trinajstić information content (AvgIpc) is 3.25. The van der Waals surface area contributed by atoms with Gasteiger partial charge in [0.1, 0.15) is 0 Å². The highest BCUT2D eigenvalue weighted by atomic mass is 31.1. The minimum atomic E-state index is -0.456. The van der Waals surface area contributed by atoms with Gasteiger partial charge in [0.2, 0.25) is 0 Å². The zero-order valence-electron chi connectivity index (χ0n) is 24.6. The molecule has 0 radical (unpaired) electrons. The van der Waals surface area contributed by atoms with Crippen LogP contribution in [0.1, 0.15) is 34.6 Å². The van der Waals surface area contributed by atoms with Crippen molar-refractivity contribution in [3.8, 4) is 0 Å². The lowest BCUT2D eigenvalue weighted by atomic mass is 9.67. The highest BCUT2D eigenvalue weighted by Gasteiger charge is 2.67. The Balaban J connectivity index is 1.47. The molecule has 1 saturated carbocycles. The number of hydrogen-bond acceptors (Lipinski definition) is 0. The average molecular weight is 561 g/mol. The number of rotatable bonds is 8. The molecular formula is C38H42P2. The van der Waals surface area contributed by atoms with E-state index >= 15 is 0 Å². The van der Waals surface area contributed by atoms with Crippen LogP contribution in [-0.4, -0.2) is 12.3 Å². The number of fused-ring (bicyclic) bond motifs is 2. The first-order valence-electron chi connectivity index (χ1n) is 14.8. The van der Waals surface area contributed by atoms with Crippen molar-refractivity contribution in [1.29, 1.82) is 0 Å². The zero-order valence-corrected chi connectivity index (χ0v) is 26.4. The molecule has 40 heavy (non-hydrogen) atoms. The molecule has 0 heterocycles. The summed E-state index contributed by atoms with van der Waals surface area (Å²) in [5, 5.41) is 6.05. The Kier molecular flexibility index (Phi) is 7.63. The van der Waals surface area contributed by atoms with Gasteiger partial charge in [-0.15, -0.1) is 0 Å². The van der Waals surface area contributed by atoms with Crippen LogP contribution < -0.4 is 21.2 Å². The SMILES string of the molecule is CC1=C(C)[C@]2(C)C(CP(c3ccccc3)c3ccccc3)C(CP(c3ccccc3)c3ccccc3)[C@]1(C)C2C. The summed E-state index contributed by atoms with van der Waals surface area (Å²) in [6.07, 6.45) is 2.50. The molecule has 0 spiro atoms. The third kappa shape index (κ3) is 4.44. The number of benzene rings is 4. The number of hydrogen-bond donors (Lipinski definition) is 0. The summed E-state index contributed by atoms with van der Waals surface area (Å²) in [5.74, 6) is 1.92. The lowest BCUT2D eigenvalue weighted by Gasteiger charge is -2.45. The molecule has 0 aromatic heterocycles. The summed E-state index contributed by atoms with van der Waals surface area (Å²) in [7, 11) is -0.912. The predicted molar refractivity (Wildman–Crippen MR) is 179 cm³/mol. The van der Waals surface area contributed by atoms with Gasteiger partial charge >= 0.3 is 0 Å². The molecule has 2 heteroatoms. The highest BCUT2D eigenvalue weighted by molar-refractivity contribution is 7.73. The minimum Gasteiger partial charge on any atom is -0.0673 e. The number of allylic oxidation sites excluding steroid dienone is 2. The molecule has 0 amide bonds. The Bertz CT molecular complexity index is 1270. The molecule has 0 aliphatic heterocycles. The van der Waals surface area contributed by atoms with Gasteiger partial charge in [0.25, 0.3) is 0 Å². The van der Waals surface area contributed by atoms with E-state index in [0.29, 0.717) is 17.8 Å². The van der Waals surface area contributed by atoms with Gasteiger partial charge in [0.15, 0.2) is 0 Å². The molecule has 2 aliphatic rings. The first-order chi connectivity index (χ1) is 19.4. The molecule has 0 N–H and O–H groups in total. The molecule has 0 saturated heterocycles. The van der Waals surface area contributed by atoms with Crippen molar-refractivity contribution in [1.82, 2.24) is 0 Å². The van der Waals surface area contributed by atoms with Crippen molar-refractivity contribution in [2.24, 2.45) is 28.6 Å². The first-order valence-corrected chi connectivity index (χ1v) is 17.9. The Morgan fingerprint density at radius 1 is 0.475 bits per heavy atom. The van der Waals surface area contributed by atoms with Gasteiger partial charge in [-0.25, -0.2) is 0 Å². The molecule has 4 aromatic rings. The van der Waals surface area contributed by atoms with Crippen LogP contribution in [-0.2, 0) is 0 Å². The fourth-order valence-electron chi connectivity index (χ4n) is 8.29. The van der Waals surface area contributed by atoms with Crippen molar-refractivity contribution in [3.05, 3.63) is 132 Å². The van der Waals surface area contributed by atoms with Crippen molar-refractivity contribution < 1.29 is 0 Å². The fourth-order valence-corrected chi connectivity index (χ4v) is 13.9. The van der Waals surface area contributed by atoms with Crippen molar-refractivity contribution in [3.63, 3.8) is 0 Å². The van der Waals surface area contributed by atoms with E-state index in [1.807, 2.05) is 0 Å². The smallest absolute Gasteiger partial charge is 0.00475 e. The van der Waals surface area contributed by atoms with Gasteiger partial charge in [0.05, 0.1) is 0 Å². The summed E-state index contributed by atoms with van der Waals surface area (Å²) in [6, 6.07) is 45.5. The molecule has 1 fully saturated rings. The van der Waals surface area contributed by atoms with Crippen LogP contribution in [0, 0.1) is 28.6 Å². The second kappa shape index (κ2) is 11.0. The summed E-state index contributed by atoms with van der Waals surface area (Å²) in [4.78, 5) is 0. The summed E-state index contributed by atoms with van der Waals surface area (Å²) in [6.45, 7) is 12.8. The molecule has 6 rings (SSSR count). The van der Waals surface area contributed by atoms with E-state index in [4.69, 9.17) is 0 Å². The van der Waals surface area contributed by atoms with E-state index in [-0.39, 0.29) is 10.8 Å². The molecule has 0 nitrogen and oxygen atoms in total. The molecule has 2 bridgehead atoms. The maximum absolute atomic E-state index is 2.63. The molecular weight excluding hydrogens is 518 g/mol. The van der Waals surface area contributed by atoms with Crippen LogP contribution in [0.3, 0.4) is 0 Å². The van der Waals surface area contributed by atoms with Crippen LogP contribution in [0.15, 0.2) is 132 Å². The van der Waals surface area contributed by atoms with Crippen LogP contribution in [0.25, 0.3) is 0 Å². The van der Waals surface area contributed by atoms with Gasteiger partial charge in [-0.1, -0.05) is 153 Å². The maximum Gasteiger partial charge on any atom is -0.00475 e. The van der Waals surface area contributed by atoms with E-state index in [9.17, 15) is 0 Å². The maximum atomic E-state index is 2.63. The van der Waals surface area contributed by atoms with Crippen LogP contribution >= 0.6 is 15.8 Å². The summed E-state index contributed by atoms with van der Waals surface area (Å²) in [5.41, 5.74) is 3.79. The standard InChI is InChI=1S/C38H42P2/c1-28-29(2)38(5)30(3)37(28,4)35(26-39(31-18-10-6-11-19-31)32-20-12-7-13-21-32)36(38)27-40(33-22-14-8-15-23-33)34-24-16-9-17-25-34/h6-25,30,35-36H,26-27H2,1-5H3/t30?,35?,36?,37-,38-/m0/s1. The van der Waals surface area contributed by atoms with E-state index in [1.54, 1.807) is 11.1 Å². The molecule has 2 unspecified atom stereocenters. The summed E-state index contributed by atoms with van der Waals surface area (Å²) < 4.78 is 0. The van der Waals surface area contributed by atoms with Crippen LogP contribution in [0.4, 0.5) is 0 Å². The van der Waals surface area contributed by atoms with E-state index in [2.05, 4.69) is 156 Å². The largest absolute Gasteiger partial charge is 0.0673 e. The lowest BCUT2D eigenvalue weighted by molar-refractivity contribution is 0.225. The van der Waals surface area contributed by atoms with Crippen LogP contribution in [0.5, 0.6) is 0 Å². The van der Waals surface area contributed by atoms with E-state index in [1.165, 1.54) is 33.5 Å². The first kappa shape index (κ1) is 27.6. The Morgan fingerprint density at radius 3 is 0.975 bits per heavy atom. The second-order valence-electron chi connectivity index (χ2n) is 12.3. The van der Waals surface area contributed by atoms with Gasteiger partial charge < -0.3 is 0 Å². The Labute approximate surface area is 244 Å². The fraction of sp³-hybridized carbons (Fsp3) is 0.316. The molecule has 204 valence electrons. The highest BCUT2D eigenvalue weighted by Crippen LogP contribution is 2.74. The molecule has 4 atom stereocenters. The van der Waals surface area contributed by atoms with E-state index in [0.717, 1.165) is 0 Å². The second-order valence-corrected chi connectivity index (χ2v) is 16.8. The van der Waals surface area contributed by atoms with Crippen molar-refractivity contribution in [2.45, 2.75) is 34.6 Å². The van der Waals surface area contributed by atoms with Gasteiger partial charge in [-0.05, 0) is 91.8 Å².